The largest absolute Gasteiger partial charge is 0.461 e. The Hall–Kier alpha value is -1.50. The second kappa shape index (κ2) is 4.35. The molecular formula is C14H16O. The van der Waals surface area contributed by atoms with Crippen molar-refractivity contribution < 1.29 is 4.74 Å². The maximum Gasteiger partial charge on any atom is 0.126 e. The van der Waals surface area contributed by atoms with Gasteiger partial charge in [-0.15, -0.1) is 0 Å². The van der Waals surface area contributed by atoms with E-state index in [9.17, 15) is 0 Å². The zero-order valence-corrected chi connectivity index (χ0v) is 9.23. The molecule has 0 aromatic heterocycles. The molecule has 15 heavy (non-hydrogen) atoms. The van der Waals surface area contributed by atoms with Crippen LogP contribution in [0.15, 0.2) is 48.3 Å². The lowest BCUT2D eigenvalue weighted by molar-refractivity contribution is 0.418. The topological polar surface area (TPSA) is 9.23 Å². The van der Waals surface area contributed by atoms with Gasteiger partial charge in [0.2, 0.25) is 0 Å². The van der Waals surface area contributed by atoms with Gasteiger partial charge in [0.05, 0.1) is 0 Å². The van der Waals surface area contributed by atoms with Crippen molar-refractivity contribution in [3.05, 3.63) is 53.8 Å². The van der Waals surface area contributed by atoms with Gasteiger partial charge >= 0.3 is 0 Å². The Morgan fingerprint density at radius 1 is 1.13 bits per heavy atom. The Kier molecular flexibility index (Phi) is 2.91. The SMILES string of the molecule is CC(C)c1ccc(OC2=CC=CC2)cc1. The molecule has 0 N–H and O–H groups in total. The molecule has 1 aromatic rings. The third-order valence-corrected chi connectivity index (χ3v) is 2.53. The first-order chi connectivity index (χ1) is 7.25. The lowest BCUT2D eigenvalue weighted by Crippen LogP contribution is -1.93. The first-order valence-corrected chi connectivity index (χ1v) is 5.39. The molecule has 0 saturated carbocycles. The van der Waals surface area contributed by atoms with Crippen LogP contribution in [0.4, 0.5) is 0 Å². The first-order valence-electron chi connectivity index (χ1n) is 5.39. The summed E-state index contributed by atoms with van der Waals surface area (Å²) in [5.41, 5.74) is 1.35. The molecular weight excluding hydrogens is 184 g/mol. The second-order valence-electron chi connectivity index (χ2n) is 4.09. The third kappa shape index (κ3) is 2.50. The molecule has 1 aromatic carbocycles. The van der Waals surface area contributed by atoms with Crippen LogP contribution in [0.3, 0.4) is 0 Å². The van der Waals surface area contributed by atoms with E-state index in [1.54, 1.807) is 0 Å². The van der Waals surface area contributed by atoms with Crippen molar-refractivity contribution >= 4 is 0 Å². The molecule has 1 aliphatic carbocycles. The van der Waals surface area contributed by atoms with Crippen LogP contribution in [-0.4, -0.2) is 0 Å². The molecule has 0 radical (unpaired) electrons. The Morgan fingerprint density at radius 3 is 2.40 bits per heavy atom. The highest BCUT2D eigenvalue weighted by Gasteiger charge is 2.03. The highest BCUT2D eigenvalue weighted by atomic mass is 16.5. The summed E-state index contributed by atoms with van der Waals surface area (Å²) in [5, 5.41) is 0. The molecule has 0 heterocycles. The van der Waals surface area contributed by atoms with E-state index in [0.717, 1.165) is 17.9 Å². The number of rotatable bonds is 3. The van der Waals surface area contributed by atoms with Gasteiger partial charge in [0, 0.05) is 6.42 Å². The summed E-state index contributed by atoms with van der Waals surface area (Å²) in [6.45, 7) is 4.39. The maximum absolute atomic E-state index is 5.71. The van der Waals surface area contributed by atoms with Crippen molar-refractivity contribution in [2.75, 3.05) is 0 Å². The molecule has 0 fully saturated rings. The van der Waals surface area contributed by atoms with Crippen LogP contribution in [0.25, 0.3) is 0 Å². The number of hydrogen-bond acceptors (Lipinski definition) is 1. The summed E-state index contributed by atoms with van der Waals surface area (Å²) in [6.07, 6.45) is 7.04. The Balaban J connectivity index is 2.04. The molecule has 0 aliphatic heterocycles. The molecule has 0 atom stereocenters. The van der Waals surface area contributed by atoms with Crippen LogP contribution in [0.5, 0.6) is 5.75 Å². The molecule has 0 unspecified atom stereocenters. The van der Waals surface area contributed by atoms with Crippen LogP contribution in [0, 0.1) is 0 Å². The van der Waals surface area contributed by atoms with Gasteiger partial charge in [-0.3, -0.25) is 0 Å². The van der Waals surface area contributed by atoms with Gasteiger partial charge in [-0.2, -0.15) is 0 Å². The standard InChI is InChI=1S/C14H16O/c1-11(2)12-7-9-14(10-8-12)15-13-5-3-4-6-13/h3-5,7-11H,6H2,1-2H3. The summed E-state index contributed by atoms with van der Waals surface area (Å²) in [4.78, 5) is 0. The number of allylic oxidation sites excluding steroid dienone is 3. The van der Waals surface area contributed by atoms with E-state index >= 15 is 0 Å². The van der Waals surface area contributed by atoms with Gasteiger partial charge in [0.25, 0.3) is 0 Å². The van der Waals surface area contributed by atoms with E-state index in [2.05, 4.69) is 32.1 Å². The monoisotopic (exact) mass is 200 g/mol. The summed E-state index contributed by atoms with van der Waals surface area (Å²) < 4.78 is 5.71. The first kappa shape index (κ1) is 10.0. The Bertz CT molecular complexity index is 382. The smallest absolute Gasteiger partial charge is 0.126 e. The van der Waals surface area contributed by atoms with Crippen LogP contribution in [0.2, 0.25) is 0 Å². The summed E-state index contributed by atoms with van der Waals surface area (Å²) in [5.74, 6) is 2.52. The van der Waals surface area contributed by atoms with E-state index < -0.39 is 0 Å². The van der Waals surface area contributed by atoms with Gasteiger partial charge < -0.3 is 4.74 Å². The van der Waals surface area contributed by atoms with Crippen LogP contribution >= 0.6 is 0 Å². The predicted octanol–water partition coefficient (Wildman–Crippen LogP) is 4.03. The Morgan fingerprint density at radius 2 is 1.87 bits per heavy atom. The fraction of sp³-hybridized carbons (Fsp3) is 0.286. The highest BCUT2D eigenvalue weighted by molar-refractivity contribution is 5.31. The van der Waals surface area contributed by atoms with E-state index in [-0.39, 0.29) is 0 Å². The molecule has 2 rings (SSSR count). The lowest BCUT2D eigenvalue weighted by atomic mass is 10.0. The van der Waals surface area contributed by atoms with E-state index in [1.807, 2.05) is 24.3 Å². The summed E-state index contributed by atoms with van der Waals surface area (Å²) >= 11 is 0. The minimum absolute atomic E-state index is 0.575. The van der Waals surface area contributed by atoms with Gasteiger partial charge in [-0.05, 0) is 29.7 Å². The van der Waals surface area contributed by atoms with E-state index in [0.29, 0.717) is 5.92 Å². The molecule has 0 saturated heterocycles. The van der Waals surface area contributed by atoms with E-state index in [1.165, 1.54) is 5.56 Å². The Labute approximate surface area is 91.1 Å². The summed E-state index contributed by atoms with van der Waals surface area (Å²) in [7, 11) is 0. The van der Waals surface area contributed by atoms with Crippen molar-refractivity contribution in [3.8, 4) is 5.75 Å². The van der Waals surface area contributed by atoms with Gasteiger partial charge in [0.15, 0.2) is 0 Å². The second-order valence-corrected chi connectivity index (χ2v) is 4.09. The summed E-state index contributed by atoms with van der Waals surface area (Å²) in [6, 6.07) is 8.33. The molecule has 0 amide bonds. The lowest BCUT2D eigenvalue weighted by Gasteiger charge is -2.08. The van der Waals surface area contributed by atoms with Crippen molar-refractivity contribution in [2.45, 2.75) is 26.2 Å². The minimum Gasteiger partial charge on any atom is -0.461 e. The van der Waals surface area contributed by atoms with Crippen LogP contribution in [0.1, 0.15) is 31.7 Å². The fourth-order valence-electron chi connectivity index (χ4n) is 1.58. The highest BCUT2D eigenvalue weighted by Crippen LogP contribution is 2.22. The molecule has 1 nitrogen and oxygen atoms in total. The fourth-order valence-corrected chi connectivity index (χ4v) is 1.58. The quantitative estimate of drug-likeness (QED) is 0.715. The van der Waals surface area contributed by atoms with Gasteiger partial charge in [0.1, 0.15) is 11.5 Å². The van der Waals surface area contributed by atoms with Crippen molar-refractivity contribution in [2.24, 2.45) is 0 Å². The van der Waals surface area contributed by atoms with Crippen molar-refractivity contribution in [3.63, 3.8) is 0 Å². The normalized spacial score (nSPS) is 14.5. The zero-order chi connectivity index (χ0) is 10.7. The van der Waals surface area contributed by atoms with Crippen molar-refractivity contribution in [1.82, 2.24) is 0 Å². The average molecular weight is 200 g/mol. The minimum atomic E-state index is 0.575. The predicted molar refractivity (Wildman–Crippen MR) is 63.0 cm³/mol. The number of benzene rings is 1. The average Bonchev–Trinajstić information content (AvgIpc) is 2.71. The number of ether oxygens (including phenoxy) is 1. The van der Waals surface area contributed by atoms with Crippen LogP contribution in [-0.2, 0) is 0 Å². The number of hydrogen-bond donors (Lipinski definition) is 0. The zero-order valence-electron chi connectivity index (χ0n) is 9.23. The molecule has 1 aliphatic rings. The third-order valence-electron chi connectivity index (χ3n) is 2.53. The molecule has 1 heteroatoms. The van der Waals surface area contributed by atoms with E-state index in [4.69, 9.17) is 4.74 Å². The van der Waals surface area contributed by atoms with Gasteiger partial charge in [-0.25, -0.2) is 0 Å². The maximum atomic E-state index is 5.71. The molecule has 78 valence electrons. The van der Waals surface area contributed by atoms with Crippen molar-refractivity contribution in [1.29, 1.82) is 0 Å². The molecule has 0 bridgehead atoms. The van der Waals surface area contributed by atoms with Crippen LogP contribution < -0.4 is 4.74 Å². The molecule has 0 spiro atoms. The van der Waals surface area contributed by atoms with Gasteiger partial charge in [-0.1, -0.05) is 38.1 Å².